The van der Waals surface area contributed by atoms with Gasteiger partial charge in [0, 0.05) is 32.2 Å². The lowest BCUT2D eigenvalue weighted by Crippen LogP contribution is -2.63. The van der Waals surface area contributed by atoms with Crippen LogP contribution >= 0.6 is 0 Å². The molecule has 0 aliphatic carbocycles. The molecule has 11 heteroatoms. The fourth-order valence-corrected chi connectivity index (χ4v) is 4.14. The van der Waals surface area contributed by atoms with Gasteiger partial charge in [0.05, 0.1) is 23.6 Å². The predicted octanol–water partition coefficient (Wildman–Crippen LogP) is 0.858. The lowest BCUT2D eigenvalue weighted by molar-refractivity contribution is -0.139. The van der Waals surface area contributed by atoms with Gasteiger partial charge >= 0.3 is 6.03 Å². The van der Waals surface area contributed by atoms with Crippen molar-refractivity contribution in [3.05, 3.63) is 35.7 Å². The number of carbonyl (C=O) groups excluding carboxylic acids is 2. The maximum absolute atomic E-state index is 13.9. The molecular weight excluding hydrogens is 398 g/mol. The van der Waals surface area contributed by atoms with E-state index >= 15 is 0 Å². The Morgan fingerprint density at radius 2 is 2.00 bits per heavy atom. The molecule has 0 spiro atoms. The first-order valence-corrected chi connectivity index (χ1v) is 9.81. The van der Waals surface area contributed by atoms with Crippen LogP contribution in [0, 0.1) is 11.6 Å². The van der Waals surface area contributed by atoms with E-state index in [2.05, 4.69) is 20.5 Å². The minimum absolute atomic E-state index is 0.0334. The molecule has 3 fully saturated rings. The van der Waals surface area contributed by atoms with E-state index in [0.29, 0.717) is 38.4 Å². The molecule has 0 saturated carbocycles. The number of aromatic nitrogens is 3. The number of likely N-dealkylation sites (tertiary alicyclic amines) is 2. The van der Waals surface area contributed by atoms with Crippen molar-refractivity contribution in [1.29, 1.82) is 0 Å². The first-order valence-electron chi connectivity index (χ1n) is 9.81. The second-order valence-electron chi connectivity index (χ2n) is 7.83. The standard InChI is InChI=1S/C19H20F2N6O3/c20-11-1-2-12(13(21)5-11)18-23-17(24-25-18)10-6-27(7-10)19(29)26-4-3-15-14(8-26)22-16(28)9-30-15/h1-2,5,10,14-15H,3-4,6-9H2,(H,22,28)(H,23,24,25)/t14-,15+/m1/s1. The molecule has 3 saturated heterocycles. The van der Waals surface area contributed by atoms with Crippen LogP contribution in [0.25, 0.3) is 11.4 Å². The van der Waals surface area contributed by atoms with Gasteiger partial charge in [-0.05, 0) is 18.6 Å². The molecule has 2 atom stereocenters. The van der Waals surface area contributed by atoms with Crippen molar-refractivity contribution in [2.45, 2.75) is 24.5 Å². The zero-order valence-corrected chi connectivity index (χ0v) is 16.0. The van der Waals surface area contributed by atoms with Crippen molar-refractivity contribution in [2.75, 3.05) is 32.8 Å². The molecule has 9 nitrogen and oxygen atoms in total. The van der Waals surface area contributed by atoms with E-state index < -0.39 is 11.6 Å². The highest BCUT2D eigenvalue weighted by Gasteiger charge is 2.41. The van der Waals surface area contributed by atoms with Crippen LogP contribution in [0.4, 0.5) is 13.6 Å². The number of halogens is 2. The smallest absolute Gasteiger partial charge is 0.320 e. The van der Waals surface area contributed by atoms with Crippen molar-refractivity contribution >= 4 is 11.9 Å². The maximum atomic E-state index is 13.9. The summed E-state index contributed by atoms with van der Waals surface area (Å²) in [5, 5.41) is 10.9. The largest absolute Gasteiger partial charge is 0.366 e. The van der Waals surface area contributed by atoms with Gasteiger partial charge in [0.25, 0.3) is 0 Å². The summed E-state index contributed by atoms with van der Waals surface area (Å²) in [5.41, 5.74) is 0.141. The predicted molar refractivity (Wildman–Crippen MR) is 99.3 cm³/mol. The molecule has 1 aromatic carbocycles. The van der Waals surface area contributed by atoms with Gasteiger partial charge in [0.2, 0.25) is 5.91 Å². The topological polar surface area (TPSA) is 103 Å². The Bertz CT molecular complexity index is 992. The summed E-state index contributed by atoms with van der Waals surface area (Å²) in [6.07, 6.45) is 0.637. The van der Waals surface area contributed by atoms with Crippen molar-refractivity contribution in [2.24, 2.45) is 0 Å². The number of aromatic amines is 1. The van der Waals surface area contributed by atoms with Crippen LogP contribution < -0.4 is 5.32 Å². The molecule has 3 aliphatic heterocycles. The van der Waals surface area contributed by atoms with E-state index in [9.17, 15) is 18.4 Å². The minimum atomic E-state index is -0.717. The van der Waals surface area contributed by atoms with Gasteiger partial charge in [0.1, 0.15) is 24.1 Å². The Hall–Kier alpha value is -3.08. The van der Waals surface area contributed by atoms with E-state index in [0.717, 1.165) is 12.1 Å². The third-order valence-electron chi connectivity index (χ3n) is 5.82. The van der Waals surface area contributed by atoms with Crippen molar-refractivity contribution in [3.8, 4) is 11.4 Å². The molecule has 3 aliphatic rings. The van der Waals surface area contributed by atoms with E-state index in [4.69, 9.17) is 4.74 Å². The number of hydrogen-bond acceptors (Lipinski definition) is 5. The lowest BCUT2D eigenvalue weighted by atomic mass is 9.98. The number of urea groups is 1. The zero-order chi connectivity index (χ0) is 20.8. The summed E-state index contributed by atoms with van der Waals surface area (Å²) in [7, 11) is 0. The van der Waals surface area contributed by atoms with Crippen LogP contribution in [0.2, 0.25) is 0 Å². The van der Waals surface area contributed by atoms with E-state index in [1.165, 1.54) is 6.07 Å². The van der Waals surface area contributed by atoms with Gasteiger partial charge in [-0.25, -0.2) is 13.6 Å². The monoisotopic (exact) mass is 418 g/mol. The Labute approximate surface area is 170 Å². The lowest BCUT2D eigenvalue weighted by Gasteiger charge is -2.45. The highest BCUT2D eigenvalue weighted by atomic mass is 19.1. The summed E-state index contributed by atoms with van der Waals surface area (Å²) < 4.78 is 32.5. The van der Waals surface area contributed by atoms with Gasteiger partial charge in [-0.1, -0.05) is 0 Å². The van der Waals surface area contributed by atoms with Crippen molar-refractivity contribution in [3.63, 3.8) is 0 Å². The van der Waals surface area contributed by atoms with Gasteiger partial charge in [-0.2, -0.15) is 0 Å². The number of H-pyrrole nitrogens is 1. The Morgan fingerprint density at radius 1 is 1.17 bits per heavy atom. The second kappa shape index (κ2) is 7.31. The summed E-state index contributed by atoms with van der Waals surface area (Å²) in [4.78, 5) is 30.7. The number of ether oxygens (including phenoxy) is 1. The van der Waals surface area contributed by atoms with Crippen molar-refractivity contribution in [1.82, 2.24) is 30.3 Å². The third kappa shape index (κ3) is 3.38. The number of nitrogens with one attached hydrogen (secondary N) is 2. The fraction of sp³-hybridized carbons (Fsp3) is 0.474. The molecule has 0 radical (unpaired) electrons. The number of piperidine rings is 1. The van der Waals surface area contributed by atoms with Gasteiger partial charge < -0.3 is 24.8 Å². The number of nitrogens with zero attached hydrogens (tertiary/aromatic N) is 4. The second-order valence-corrected chi connectivity index (χ2v) is 7.83. The normalized spacial score (nSPS) is 24.3. The molecule has 158 valence electrons. The molecular formula is C19H20F2N6O3. The molecule has 2 aromatic rings. The molecule has 4 heterocycles. The molecule has 2 N–H and O–H groups in total. The summed E-state index contributed by atoms with van der Waals surface area (Å²) in [6.45, 7) is 2.00. The average molecular weight is 418 g/mol. The van der Waals surface area contributed by atoms with Crippen molar-refractivity contribution < 1.29 is 23.1 Å². The summed E-state index contributed by atoms with van der Waals surface area (Å²) in [6, 6.07) is 3.00. The number of benzene rings is 1. The Balaban J connectivity index is 1.19. The van der Waals surface area contributed by atoms with Crippen LogP contribution in [-0.4, -0.2) is 81.9 Å². The Morgan fingerprint density at radius 3 is 2.80 bits per heavy atom. The highest BCUT2D eigenvalue weighted by Crippen LogP contribution is 2.29. The number of rotatable bonds is 2. The zero-order valence-electron chi connectivity index (χ0n) is 16.0. The Kier molecular flexibility index (Phi) is 4.61. The van der Waals surface area contributed by atoms with E-state index in [-0.39, 0.29) is 48.0 Å². The summed E-state index contributed by atoms with van der Waals surface area (Å²) >= 11 is 0. The van der Waals surface area contributed by atoms with Crippen LogP contribution in [-0.2, 0) is 9.53 Å². The third-order valence-corrected chi connectivity index (χ3v) is 5.82. The molecule has 5 rings (SSSR count). The van der Waals surface area contributed by atoms with E-state index in [1.807, 2.05) is 0 Å². The number of fused-ring (bicyclic) bond motifs is 1. The fourth-order valence-electron chi connectivity index (χ4n) is 4.14. The van der Waals surface area contributed by atoms with E-state index in [1.54, 1.807) is 9.80 Å². The van der Waals surface area contributed by atoms with Gasteiger partial charge in [0.15, 0.2) is 5.82 Å². The quantitative estimate of drug-likeness (QED) is 0.753. The number of hydrogen-bond donors (Lipinski definition) is 2. The van der Waals surface area contributed by atoms with Gasteiger partial charge in [-0.3, -0.25) is 4.79 Å². The minimum Gasteiger partial charge on any atom is -0.366 e. The summed E-state index contributed by atoms with van der Waals surface area (Å²) in [5.74, 6) is -0.785. The molecule has 1 aromatic heterocycles. The first kappa shape index (κ1) is 18.9. The number of carbonyl (C=O) groups is 2. The first-order chi connectivity index (χ1) is 14.5. The average Bonchev–Trinajstić information content (AvgIpc) is 3.15. The highest BCUT2D eigenvalue weighted by molar-refractivity contribution is 5.79. The van der Waals surface area contributed by atoms with Crippen LogP contribution in [0.3, 0.4) is 0 Å². The SMILES string of the molecule is O=C1CO[C@H]2CCN(C(=O)N3CC(c4nnc(-c5ccc(F)cc5F)[nH]4)C3)C[C@H]2N1. The van der Waals surface area contributed by atoms with Gasteiger partial charge in [-0.15, -0.1) is 10.2 Å². The molecule has 3 amide bonds. The number of amides is 3. The van der Waals surface area contributed by atoms with Crippen LogP contribution in [0.1, 0.15) is 18.2 Å². The maximum Gasteiger partial charge on any atom is 0.320 e. The molecule has 0 unspecified atom stereocenters. The molecule has 30 heavy (non-hydrogen) atoms. The molecule has 0 bridgehead atoms. The van der Waals surface area contributed by atoms with Crippen LogP contribution in [0.15, 0.2) is 18.2 Å². The number of morpholine rings is 1. The van der Waals surface area contributed by atoms with Crippen LogP contribution in [0.5, 0.6) is 0 Å².